The maximum absolute atomic E-state index is 5.42. The van der Waals surface area contributed by atoms with Gasteiger partial charge in [-0.3, -0.25) is 0 Å². The van der Waals surface area contributed by atoms with Crippen LogP contribution in [0.3, 0.4) is 0 Å². The van der Waals surface area contributed by atoms with Crippen molar-refractivity contribution in [3.05, 3.63) is 35.7 Å². The van der Waals surface area contributed by atoms with Crippen molar-refractivity contribution < 1.29 is 4.52 Å². The highest BCUT2D eigenvalue weighted by Crippen LogP contribution is 2.24. The molecule has 1 fully saturated rings. The third-order valence-corrected chi connectivity index (χ3v) is 4.83. The zero-order valence-electron chi connectivity index (χ0n) is 14.8. The molecule has 1 N–H and O–H groups in total. The molecule has 2 heterocycles. The first-order valence-corrected chi connectivity index (χ1v) is 9.53. The minimum atomic E-state index is 0.234. The zero-order valence-corrected chi connectivity index (χ0v) is 14.8. The highest BCUT2D eigenvalue weighted by atomic mass is 16.5. The Bertz CT molecular complexity index is 600. The molecule has 0 unspecified atom stereocenters. The fourth-order valence-electron chi connectivity index (χ4n) is 3.32. The number of unbranched alkanes of at least 4 members (excludes halogenated alkanes) is 5. The van der Waals surface area contributed by atoms with Crippen LogP contribution in [0.15, 0.2) is 28.8 Å². The Kier molecular flexibility index (Phi) is 6.41. The second-order valence-corrected chi connectivity index (χ2v) is 6.82. The van der Waals surface area contributed by atoms with Crippen molar-refractivity contribution in [2.24, 2.45) is 0 Å². The maximum atomic E-state index is 5.42. The minimum Gasteiger partial charge on any atom is -0.337 e. The van der Waals surface area contributed by atoms with E-state index in [-0.39, 0.29) is 6.04 Å². The van der Waals surface area contributed by atoms with Gasteiger partial charge in [0, 0.05) is 5.56 Å². The molecule has 0 spiro atoms. The first-order chi connectivity index (χ1) is 11.9. The Morgan fingerprint density at radius 1 is 1.08 bits per heavy atom. The Balaban J connectivity index is 1.49. The zero-order chi connectivity index (χ0) is 16.6. The van der Waals surface area contributed by atoms with Gasteiger partial charge in [-0.05, 0) is 37.8 Å². The molecule has 1 saturated heterocycles. The quantitative estimate of drug-likeness (QED) is 0.654. The summed E-state index contributed by atoms with van der Waals surface area (Å²) in [6, 6.07) is 8.86. The normalized spacial score (nSPS) is 17.5. The summed E-state index contributed by atoms with van der Waals surface area (Å²) in [5, 5.41) is 7.53. The number of hydrogen-bond donors (Lipinski definition) is 1. The fraction of sp³-hybridized carbons (Fsp3) is 0.600. The van der Waals surface area contributed by atoms with Gasteiger partial charge >= 0.3 is 0 Å². The van der Waals surface area contributed by atoms with Gasteiger partial charge in [0.25, 0.3) is 0 Å². The van der Waals surface area contributed by atoms with E-state index in [9.17, 15) is 0 Å². The van der Waals surface area contributed by atoms with Gasteiger partial charge in [-0.25, -0.2) is 0 Å². The number of nitrogens with zero attached hydrogens (tertiary/aromatic N) is 2. The number of nitrogens with one attached hydrogen (secondary N) is 1. The lowest BCUT2D eigenvalue weighted by molar-refractivity contribution is 0.345. The van der Waals surface area contributed by atoms with Crippen LogP contribution in [-0.2, 0) is 6.42 Å². The van der Waals surface area contributed by atoms with Gasteiger partial charge in [-0.15, -0.1) is 0 Å². The number of benzene rings is 1. The van der Waals surface area contributed by atoms with Crippen LogP contribution in [0.4, 0.5) is 0 Å². The lowest BCUT2D eigenvalue weighted by atomic mass is 10.0. The maximum Gasteiger partial charge on any atom is 0.244 e. The van der Waals surface area contributed by atoms with E-state index in [0.29, 0.717) is 5.82 Å². The molecular formula is C20H29N3O. The molecule has 4 nitrogen and oxygen atoms in total. The number of rotatable bonds is 9. The van der Waals surface area contributed by atoms with Crippen LogP contribution in [0.5, 0.6) is 0 Å². The van der Waals surface area contributed by atoms with Gasteiger partial charge in [-0.1, -0.05) is 68.4 Å². The molecule has 130 valence electrons. The summed E-state index contributed by atoms with van der Waals surface area (Å²) in [7, 11) is 0. The van der Waals surface area contributed by atoms with Gasteiger partial charge in [0.2, 0.25) is 11.7 Å². The van der Waals surface area contributed by atoms with Crippen molar-refractivity contribution in [2.45, 2.75) is 70.8 Å². The average molecular weight is 327 g/mol. The molecule has 1 aliphatic heterocycles. The molecule has 24 heavy (non-hydrogen) atoms. The van der Waals surface area contributed by atoms with Crippen LogP contribution >= 0.6 is 0 Å². The second kappa shape index (κ2) is 8.97. The summed E-state index contributed by atoms with van der Waals surface area (Å²) in [6.07, 6.45) is 11.5. The summed E-state index contributed by atoms with van der Waals surface area (Å²) < 4.78 is 5.42. The molecule has 0 aliphatic carbocycles. The average Bonchev–Trinajstić information content (AvgIpc) is 3.29. The lowest BCUT2D eigenvalue weighted by Gasteiger charge is -2.03. The molecular weight excluding hydrogens is 298 g/mol. The SMILES string of the molecule is CCCCCCCCc1ccc(-c2noc([C@@H]3CCCN3)n2)cc1. The molecule has 0 radical (unpaired) electrons. The van der Waals surface area contributed by atoms with Crippen molar-refractivity contribution in [2.75, 3.05) is 6.54 Å². The van der Waals surface area contributed by atoms with E-state index in [4.69, 9.17) is 4.52 Å². The van der Waals surface area contributed by atoms with Crippen molar-refractivity contribution in [3.63, 3.8) is 0 Å². The fourth-order valence-corrected chi connectivity index (χ4v) is 3.32. The third-order valence-electron chi connectivity index (χ3n) is 4.83. The van der Waals surface area contributed by atoms with Crippen LogP contribution < -0.4 is 5.32 Å². The standard InChI is InChI=1S/C20H29N3O/c1-2-3-4-5-6-7-9-16-11-13-17(14-12-16)19-22-20(24-23-19)18-10-8-15-21-18/h11-14,18,21H,2-10,15H2,1H3/t18-/m0/s1. The molecule has 1 aliphatic rings. The molecule has 1 aromatic heterocycles. The predicted molar refractivity (Wildman–Crippen MR) is 96.8 cm³/mol. The van der Waals surface area contributed by atoms with E-state index in [1.807, 2.05) is 0 Å². The number of aromatic nitrogens is 2. The molecule has 4 heteroatoms. The molecule has 2 aromatic rings. The van der Waals surface area contributed by atoms with E-state index in [2.05, 4.69) is 46.6 Å². The number of aryl methyl sites for hydroxylation is 1. The van der Waals surface area contributed by atoms with Crippen LogP contribution in [0, 0.1) is 0 Å². The van der Waals surface area contributed by atoms with E-state index in [0.717, 1.165) is 30.8 Å². The molecule has 1 atom stereocenters. The smallest absolute Gasteiger partial charge is 0.244 e. The van der Waals surface area contributed by atoms with E-state index in [1.165, 1.54) is 50.5 Å². The van der Waals surface area contributed by atoms with E-state index >= 15 is 0 Å². The Morgan fingerprint density at radius 3 is 2.62 bits per heavy atom. The summed E-state index contributed by atoms with van der Waals surface area (Å²) >= 11 is 0. The summed E-state index contributed by atoms with van der Waals surface area (Å²) in [4.78, 5) is 4.56. The molecule has 0 bridgehead atoms. The minimum absolute atomic E-state index is 0.234. The summed E-state index contributed by atoms with van der Waals surface area (Å²) in [5.41, 5.74) is 2.44. The Morgan fingerprint density at radius 2 is 1.88 bits per heavy atom. The number of hydrogen-bond acceptors (Lipinski definition) is 4. The van der Waals surface area contributed by atoms with Crippen molar-refractivity contribution in [1.29, 1.82) is 0 Å². The largest absolute Gasteiger partial charge is 0.337 e. The van der Waals surface area contributed by atoms with E-state index < -0.39 is 0 Å². The second-order valence-electron chi connectivity index (χ2n) is 6.82. The Labute approximate surface area is 145 Å². The third kappa shape index (κ3) is 4.67. The summed E-state index contributed by atoms with van der Waals surface area (Å²) in [6.45, 7) is 3.30. The van der Waals surface area contributed by atoms with Crippen molar-refractivity contribution >= 4 is 0 Å². The van der Waals surface area contributed by atoms with Gasteiger partial charge in [-0.2, -0.15) is 4.98 Å². The summed E-state index contributed by atoms with van der Waals surface area (Å²) in [5.74, 6) is 1.42. The monoisotopic (exact) mass is 327 g/mol. The van der Waals surface area contributed by atoms with Gasteiger partial charge in [0.15, 0.2) is 0 Å². The van der Waals surface area contributed by atoms with Crippen LogP contribution in [0.25, 0.3) is 11.4 Å². The Hall–Kier alpha value is -1.68. The van der Waals surface area contributed by atoms with Crippen LogP contribution in [0.1, 0.15) is 75.8 Å². The van der Waals surface area contributed by atoms with Crippen LogP contribution in [-0.4, -0.2) is 16.7 Å². The van der Waals surface area contributed by atoms with E-state index in [1.54, 1.807) is 0 Å². The van der Waals surface area contributed by atoms with Crippen molar-refractivity contribution in [1.82, 2.24) is 15.5 Å². The molecule has 1 aromatic carbocycles. The van der Waals surface area contributed by atoms with Gasteiger partial charge < -0.3 is 9.84 Å². The van der Waals surface area contributed by atoms with Gasteiger partial charge in [0.05, 0.1) is 6.04 Å². The lowest BCUT2D eigenvalue weighted by Crippen LogP contribution is -2.12. The van der Waals surface area contributed by atoms with Crippen LogP contribution in [0.2, 0.25) is 0 Å². The van der Waals surface area contributed by atoms with Crippen molar-refractivity contribution in [3.8, 4) is 11.4 Å². The topological polar surface area (TPSA) is 51.0 Å². The first kappa shape index (κ1) is 17.2. The first-order valence-electron chi connectivity index (χ1n) is 9.53. The highest BCUT2D eigenvalue weighted by Gasteiger charge is 2.22. The molecule has 0 saturated carbocycles. The van der Waals surface area contributed by atoms with Gasteiger partial charge in [0.1, 0.15) is 0 Å². The molecule has 3 rings (SSSR count). The highest BCUT2D eigenvalue weighted by molar-refractivity contribution is 5.54. The molecule has 0 amide bonds. The predicted octanol–water partition coefficient (Wildman–Crippen LogP) is 5.06.